The minimum absolute atomic E-state index is 0.254. The van der Waals surface area contributed by atoms with E-state index < -0.39 is 6.10 Å². The van der Waals surface area contributed by atoms with Crippen molar-refractivity contribution >= 4 is 0 Å². The van der Waals surface area contributed by atoms with E-state index in [2.05, 4.69) is 12.2 Å². The highest BCUT2D eigenvalue weighted by Gasteiger charge is 2.08. The van der Waals surface area contributed by atoms with Crippen LogP contribution in [0.25, 0.3) is 0 Å². The smallest absolute Gasteiger partial charge is 0.161 e. The van der Waals surface area contributed by atoms with Crippen LogP contribution in [0.1, 0.15) is 18.9 Å². The average Bonchev–Trinajstić information content (AvgIpc) is 2.66. The summed E-state index contributed by atoms with van der Waals surface area (Å²) in [6.45, 7) is 4.07. The average molecular weight is 345 g/mol. The lowest BCUT2D eigenvalue weighted by molar-refractivity contribution is 0.106. The summed E-state index contributed by atoms with van der Waals surface area (Å²) in [5.41, 5.74) is 1.07. The van der Waals surface area contributed by atoms with Crippen LogP contribution in [0.2, 0.25) is 0 Å². The molecule has 0 radical (unpaired) electrons. The number of para-hydroxylation sites is 1. The summed E-state index contributed by atoms with van der Waals surface area (Å²) in [6, 6.07) is 15.3. The van der Waals surface area contributed by atoms with Crippen molar-refractivity contribution in [3.8, 4) is 17.2 Å². The summed E-state index contributed by atoms with van der Waals surface area (Å²) in [6.07, 6.45) is 0.379. The van der Waals surface area contributed by atoms with Gasteiger partial charge in [-0.1, -0.05) is 31.2 Å². The Morgan fingerprint density at radius 2 is 1.84 bits per heavy atom. The standard InChI is InChI=1S/C20H27NO4/c1-3-11-24-19-10-9-16(12-20(19)23-2)13-21-14-17(22)15-25-18-7-5-4-6-8-18/h4-10,12,17,21-22H,3,11,13-15H2,1-2H3. The molecular weight excluding hydrogens is 318 g/mol. The Bertz CT molecular complexity index is 618. The molecule has 0 spiro atoms. The summed E-state index contributed by atoms with van der Waals surface area (Å²) in [5.74, 6) is 2.24. The molecule has 5 nitrogen and oxygen atoms in total. The Morgan fingerprint density at radius 3 is 2.56 bits per heavy atom. The highest BCUT2D eigenvalue weighted by Crippen LogP contribution is 2.28. The van der Waals surface area contributed by atoms with E-state index in [9.17, 15) is 5.11 Å². The van der Waals surface area contributed by atoms with Crippen molar-refractivity contribution in [3.63, 3.8) is 0 Å². The Labute approximate surface area is 149 Å². The molecule has 5 heteroatoms. The summed E-state index contributed by atoms with van der Waals surface area (Å²) < 4.78 is 16.6. The van der Waals surface area contributed by atoms with Gasteiger partial charge in [-0.3, -0.25) is 0 Å². The largest absolute Gasteiger partial charge is 0.493 e. The monoisotopic (exact) mass is 345 g/mol. The van der Waals surface area contributed by atoms with Crippen LogP contribution in [-0.4, -0.2) is 38.1 Å². The molecule has 2 aromatic carbocycles. The minimum atomic E-state index is -0.575. The maximum Gasteiger partial charge on any atom is 0.161 e. The topological polar surface area (TPSA) is 60.0 Å². The van der Waals surface area contributed by atoms with Gasteiger partial charge in [-0.05, 0) is 36.2 Å². The predicted molar refractivity (Wildman–Crippen MR) is 98.4 cm³/mol. The van der Waals surface area contributed by atoms with Crippen LogP contribution < -0.4 is 19.5 Å². The lowest BCUT2D eigenvalue weighted by atomic mass is 10.2. The van der Waals surface area contributed by atoms with Crippen molar-refractivity contribution in [2.45, 2.75) is 26.0 Å². The summed E-state index contributed by atoms with van der Waals surface area (Å²) >= 11 is 0. The highest BCUT2D eigenvalue weighted by molar-refractivity contribution is 5.42. The van der Waals surface area contributed by atoms with Gasteiger partial charge in [-0.15, -0.1) is 0 Å². The molecule has 0 bridgehead atoms. The number of aliphatic hydroxyl groups is 1. The van der Waals surface area contributed by atoms with Gasteiger partial charge in [-0.2, -0.15) is 0 Å². The van der Waals surface area contributed by atoms with Gasteiger partial charge in [0.25, 0.3) is 0 Å². The minimum Gasteiger partial charge on any atom is -0.493 e. The van der Waals surface area contributed by atoms with E-state index in [0.717, 1.165) is 29.2 Å². The van der Waals surface area contributed by atoms with Gasteiger partial charge in [-0.25, -0.2) is 0 Å². The second kappa shape index (κ2) is 10.6. The quantitative estimate of drug-likeness (QED) is 0.656. The Hall–Kier alpha value is -2.24. The van der Waals surface area contributed by atoms with Crippen LogP contribution in [0.5, 0.6) is 17.2 Å². The van der Waals surface area contributed by atoms with Crippen molar-refractivity contribution < 1.29 is 19.3 Å². The third-order valence-electron chi connectivity index (χ3n) is 3.58. The molecule has 0 aliphatic heterocycles. The molecule has 2 N–H and O–H groups in total. The van der Waals surface area contributed by atoms with Crippen molar-refractivity contribution in [1.29, 1.82) is 0 Å². The van der Waals surface area contributed by atoms with E-state index in [-0.39, 0.29) is 6.61 Å². The number of methoxy groups -OCH3 is 1. The van der Waals surface area contributed by atoms with Crippen LogP contribution in [0.15, 0.2) is 48.5 Å². The van der Waals surface area contributed by atoms with E-state index in [4.69, 9.17) is 14.2 Å². The maximum absolute atomic E-state index is 10.00. The normalized spacial score (nSPS) is 11.8. The lowest BCUT2D eigenvalue weighted by Gasteiger charge is -2.14. The highest BCUT2D eigenvalue weighted by atomic mass is 16.5. The van der Waals surface area contributed by atoms with Gasteiger partial charge in [0, 0.05) is 13.1 Å². The van der Waals surface area contributed by atoms with Gasteiger partial charge in [0.1, 0.15) is 18.5 Å². The van der Waals surface area contributed by atoms with Gasteiger partial charge >= 0.3 is 0 Å². The first kappa shape index (κ1) is 19.1. The number of aliphatic hydroxyl groups excluding tert-OH is 1. The molecule has 2 aromatic rings. The summed E-state index contributed by atoms with van der Waals surface area (Å²) in [7, 11) is 1.63. The molecule has 0 amide bonds. The zero-order valence-corrected chi connectivity index (χ0v) is 14.9. The molecule has 0 aromatic heterocycles. The van der Waals surface area contributed by atoms with E-state index in [1.807, 2.05) is 48.5 Å². The van der Waals surface area contributed by atoms with E-state index in [0.29, 0.717) is 19.7 Å². The van der Waals surface area contributed by atoms with E-state index >= 15 is 0 Å². The number of ether oxygens (including phenoxy) is 3. The Balaban J connectivity index is 1.75. The molecule has 0 saturated heterocycles. The fourth-order valence-electron chi connectivity index (χ4n) is 2.30. The maximum atomic E-state index is 10.00. The van der Waals surface area contributed by atoms with Crippen molar-refractivity contribution in [1.82, 2.24) is 5.32 Å². The second-order valence-corrected chi connectivity index (χ2v) is 5.74. The molecule has 2 rings (SSSR count). The number of benzene rings is 2. The molecule has 0 fully saturated rings. The van der Waals surface area contributed by atoms with Crippen LogP contribution in [0.4, 0.5) is 0 Å². The van der Waals surface area contributed by atoms with Gasteiger partial charge in [0.05, 0.1) is 13.7 Å². The SMILES string of the molecule is CCCOc1ccc(CNCC(O)COc2ccccc2)cc1OC. The van der Waals surface area contributed by atoms with Gasteiger partial charge in [0.2, 0.25) is 0 Å². The predicted octanol–water partition coefficient (Wildman–Crippen LogP) is 3.01. The Morgan fingerprint density at radius 1 is 1.04 bits per heavy atom. The van der Waals surface area contributed by atoms with Crippen molar-refractivity contribution in [3.05, 3.63) is 54.1 Å². The second-order valence-electron chi connectivity index (χ2n) is 5.74. The van der Waals surface area contributed by atoms with Gasteiger partial charge in [0.15, 0.2) is 11.5 Å². The number of hydrogen-bond donors (Lipinski definition) is 2. The molecule has 0 heterocycles. The third kappa shape index (κ3) is 6.64. The lowest BCUT2D eigenvalue weighted by Crippen LogP contribution is -2.31. The first-order chi connectivity index (χ1) is 12.2. The fourth-order valence-corrected chi connectivity index (χ4v) is 2.30. The first-order valence-electron chi connectivity index (χ1n) is 8.59. The van der Waals surface area contributed by atoms with E-state index in [1.165, 1.54) is 0 Å². The van der Waals surface area contributed by atoms with Crippen molar-refractivity contribution in [2.24, 2.45) is 0 Å². The number of hydrogen-bond acceptors (Lipinski definition) is 5. The summed E-state index contributed by atoms with van der Waals surface area (Å²) in [5, 5.41) is 13.2. The molecule has 0 saturated carbocycles. The molecule has 25 heavy (non-hydrogen) atoms. The van der Waals surface area contributed by atoms with Crippen molar-refractivity contribution in [2.75, 3.05) is 26.9 Å². The molecule has 136 valence electrons. The van der Waals surface area contributed by atoms with Crippen LogP contribution in [-0.2, 0) is 6.54 Å². The van der Waals surface area contributed by atoms with Gasteiger partial charge < -0.3 is 24.6 Å². The number of rotatable bonds is 11. The molecule has 1 atom stereocenters. The van der Waals surface area contributed by atoms with Crippen LogP contribution in [0, 0.1) is 0 Å². The van der Waals surface area contributed by atoms with Crippen LogP contribution >= 0.6 is 0 Å². The molecule has 0 aliphatic carbocycles. The van der Waals surface area contributed by atoms with Crippen LogP contribution in [0.3, 0.4) is 0 Å². The summed E-state index contributed by atoms with van der Waals surface area (Å²) in [4.78, 5) is 0. The third-order valence-corrected chi connectivity index (χ3v) is 3.58. The first-order valence-corrected chi connectivity index (χ1v) is 8.59. The Kier molecular flexibility index (Phi) is 8.09. The molecule has 1 unspecified atom stereocenters. The zero-order chi connectivity index (χ0) is 17.9. The number of nitrogens with one attached hydrogen (secondary N) is 1. The molecular formula is C20H27NO4. The zero-order valence-electron chi connectivity index (χ0n) is 14.9. The fraction of sp³-hybridized carbons (Fsp3) is 0.400. The van der Waals surface area contributed by atoms with E-state index in [1.54, 1.807) is 7.11 Å². The molecule has 0 aliphatic rings.